The molecule has 0 bridgehead atoms. The van der Waals surface area contributed by atoms with Crippen LogP contribution in [0.2, 0.25) is 0 Å². The number of amides is 1. The third-order valence-corrected chi connectivity index (χ3v) is 8.54. The van der Waals surface area contributed by atoms with E-state index < -0.39 is 17.6 Å². The first-order valence-electron chi connectivity index (χ1n) is 14.3. The molecule has 1 aliphatic rings. The molecule has 0 saturated carbocycles. The Labute approximate surface area is 241 Å². The molecule has 9 heteroatoms. The minimum absolute atomic E-state index is 0.000355. The van der Waals surface area contributed by atoms with E-state index in [-0.39, 0.29) is 24.3 Å². The van der Waals surface area contributed by atoms with Crippen molar-refractivity contribution in [1.82, 2.24) is 9.32 Å². The van der Waals surface area contributed by atoms with Crippen molar-refractivity contribution in [3.63, 3.8) is 0 Å². The number of carbonyl (C=O) groups excluding carboxylic acids is 1. The maximum absolute atomic E-state index is 13.3. The number of aliphatic hydroxyl groups is 1. The molecule has 8 nitrogen and oxygen atoms in total. The molecule has 0 aliphatic carbocycles. The summed E-state index contributed by atoms with van der Waals surface area (Å²) >= 11 is 6.47. The lowest BCUT2D eigenvalue weighted by atomic mass is 9.74. The number of benzene rings is 1. The van der Waals surface area contributed by atoms with Crippen molar-refractivity contribution < 1.29 is 24.1 Å². The van der Waals surface area contributed by atoms with Crippen LogP contribution in [0.15, 0.2) is 18.2 Å². The van der Waals surface area contributed by atoms with E-state index in [1.807, 2.05) is 32.0 Å². The molecule has 1 saturated heterocycles. The number of methoxy groups -OCH3 is 2. The van der Waals surface area contributed by atoms with Gasteiger partial charge in [-0.15, -0.1) is 0 Å². The van der Waals surface area contributed by atoms with Crippen molar-refractivity contribution >= 4 is 17.7 Å². The molecule has 224 valence electrons. The van der Waals surface area contributed by atoms with E-state index in [1.54, 1.807) is 14.2 Å². The molecule has 0 radical (unpaired) electrons. The van der Waals surface area contributed by atoms with E-state index in [0.717, 1.165) is 48.8 Å². The number of halogens is 1. The first kappa shape index (κ1) is 33.6. The second-order valence-corrected chi connectivity index (χ2v) is 12.4. The highest BCUT2D eigenvalue weighted by Crippen LogP contribution is 2.36. The second kappa shape index (κ2) is 16.0. The van der Waals surface area contributed by atoms with Gasteiger partial charge in [0.2, 0.25) is 5.91 Å². The standard InChI is InChI=1S/C30H52ClN3O5/c1-21(2)23(16-22-11-12-27(38-7)28(17-22)39-15-9-14-37-6)18-25(32)26(35)20-34(31)29(36)30(3,4)24-10-8-13-33(5)19-24/h11-12,17,21,23-26,35H,8-10,13-16,18-20,32H2,1-7H3/t23-,24?,25-,26-/m0/s1. The molecule has 1 aromatic carbocycles. The quantitative estimate of drug-likeness (QED) is 0.225. The zero-order chi connectivity index (χ0) is 29.2. The van der Waals surface area contributed by atoms with Gasteiger partial charge < -0.3 is 30.0 Å². The van der Waals surface area contributed by atoms with E-state index in [0.29, 0.717) is 37.1 Å². The van der Waals surface area contributed by atoms with E-state index in [4.69, 9.17) is 31.7 Å². The predicted molar refractivity (Wildman–Crippen MR) is 157 cm³/mol. The fraction of sp³-hybridized carbons (Fsp3) is 0.767. The molecule has 1 amide bonds. The van der Waals surface area contributed by atoms with Crippen molar-refractivity contribution in [3.05, 3.63) is 23.8 Å². The number of hydrogen-bond acceptors (Lipinski definition) is 7. The third-order valence-electron chi connectivity index (χ3n) is 8.25. The van der Waals surface area contributed by atoms with Crippen molar-refractivity contribution in [2.45, 2.75) is 71.9 Å². The van der Waals surface area contributed by atoms with Gasteiger partial charge in [0.1, 0.15) is 0 Å². The molecule has 3 N–H and O–H groups in total. The molecule has 0 spiro atoms. The van der Waals surface area contributed by atoms with Gasteiger partial charge >= 0.3 is 0 Å². The normalized spacial score (nSPS) is 19.0. The van der Waals surface area contributed by atoms with Crippen LogP contribution in [0, 0.1) is 23.2 Å². The van der Waals surface area contributed by atoms with Crippen LogP contribution in [-0.4, -0.2) is 86.6 Å². The van der Waals surface area contributed by atoms with Gasteiger partial charge in [-0.3, -0.25) is 9.21 Å². The van der Waals surface area contributed by atoms with Crippen molar-refractivity contribution in [3.8, 4) is 11.5 Å². The van der Waals surface area contributed by atoms with Crippen molar-refractivity contribution in [1.29, 1.82) is 0 Å². The van der Waals surface area contributed by atoms with Gasteiger partial charge in [0.15, 0.2) is 11.5 Å². The Morgan fingerprint density at radius 1 is 1.26 bits per heavy atom. The zero-order valence-electron chi connectivity index (χ0n) is 25.1. The van der Waals surface area contributed by atoms with Crippen LogP contribution in [0.3, 0.4) is 0 Å². The lowest BCUT2D eigenvalue weighted by molar-refractivity contribution is -0.140. The molecule has 0 aromatic heterocycles. The van der Waals surface area contributed by atoms with E-state index in [9.17, 15) is 9.90 Å². The highest BCUT2D eigenvalue weighted by atomic mass is 35.5. The van der Waals surface area contributed by atoms with Crippen LogP contribution in [0.4, 0.5) is 0 Å². The number of nitrogens with two attached hydrogens (primary N) is 1. The molecular weight excluding hydrogens is 518 g/mol. The highest BCUT2D eigenvalue weighted by Gasteiger charge is 2.41. The van der Waals surface area contributed by atoms with Gasteiger partial charge in [-0.2, -0.15) is 0 Å². The number of ether oxygens (including phenoxy) is 3. The van der Waals surface area contributed by atoms with Crippen LogP contribution in [0.5, 0.6) is 11.5 Å². The molecular formula is C30H52ClN3O5. The number of likely N-dealkylation sites (tertiary alicyclic amines) is 1. The maximum Gasteiger partial charge on any atom is 0.242 e. The van der Waals surface area contributed by atoms with Crippen LogP contribution >= 0.6 is 11.8 Å². The van der Waals surface area contributed by atoms with Crippen molar-refractivity contribution in [2.75, 3.05) is 54.1 Å². The first-order valence-corrected chi connectivity index (χ1v) is 14.6. The summed E-state index contributed by atoms with van der Waals surface area (Å²) in [5.41, 5.74) is 6.99. The molecule has 2 rings (SSSR count). The van der Waals surface area contributed by atoms with E-state index >= 15 is 0 Å². The predicted octanol–water partition coefficient (Wildman–Crippen LogP) is 4.35. The van der Waals surface area contributed by atoms with Crippen LogP contribution < -0.4 is 15.2 Å². The van der Waals surface area contributed by atoms with E-state index in [1.165, 1.54) is 0 Å². The average molecular weight is 570 g/mol. The van der Waals surface area contributed by atoms with Gasteiger partial charge in [-0.25, -0.2) is 0 Å². The number of nitrogens with zero attached hydrogens (tertiary/aromatic N) is 2. The summed E-state index contributed by atoms with van der Waals surface area (Å²) in [6.07, 6.45) is 3.32. The average Bonchev–Trinajstić information content (AvgIpc) is 2.90. The maximum atomic E-state index is 13.3. The fourth-order valence-corrected chi connectivity index (χ4v) is 5.73. The van der Waals surface area contributed by atoms with Crippen LogP contribution in [-0.2, 0) is 16.0 Å². The smallest absolute Gasteiger partial charge is 0.242 e. The number of aliphatic hydroxyl groups excluding tert-OH is 1. The summed E-state index contributed by atoms with van der Waals surface area (Å²) in [5, 5.41) is 10.9. The van der Waals surface area contributed by atoms with Gasteiger partial charge in [-0.05, 0) is 74.7 Å². The monoisotopic (exact) mass is 569 g/mol. The van der Waals surface area contributed by atoms with Gasteiger partial charge in [0.05, 0.1) is 26.4 Å². The minimum Gasteiger partial charge on any atom is -0.493 e. The summed E-state index contributed by atoms with van der Waals surface area (Å²) < 4.78 is 17.7. The molecule has 1 fully saturated rings. The molecule has 1 unspecified atom stereocenters. The summed E-state index contributed by atoms with van der Waals surface area (Å²) in [4.78, 5) is 15.6. The van der Waals surface area contributed by atoms with Crippen molar-refractivity contribution in [2.24, 2.45) is 28.9 Å². The van der Waals surface area contributed by atoms with Crippen LogP contribution in [0.1, 0.15) is 58.9 Å². The Morgan fingerprint density at radius 2 is 1.97 bits per heavy atom. The molecule has 39 heavy (non-hydrogen) atoms. The number of piperidine rings is 1. The van der Waals surface area contributed by atoms with E-state index in [2.05, 4.69) is 25.8 Å². The van der Waals surface area contributed by atoms with Crippen LogP contribution in [0.25, 0.3) is 0 Å². The molecule has 1 aromatic rings. The van der Waals surface area contributed by atoms with Gasteiger partial charge in [0.25, 0.3) is 0 Å². The van der Waals surface area contributed by atoms with Gasteiger partial charge in [0, 0.05) is 49.9 Å². The number of hydrogen-bond donors (Lipinski definition) is 2. The minimum atomic E-state index is -0.923. The Bertz CT molecular complexity index is 884. The summed E-state index contributed by atoms with van der Waals surface area (Å²) in [6, 6.07) is 5.48. The summed E-state index contributed by atoms with van der Waals surface area (Å²) in [7, 11) is 5.39. The lowest BCUT2D eigenvalue weighted by Crippen LogP contribution is -2.50. The van der Waals surface area contributed by atoms with Gasteiger partial charge in [-0.1, -0.05) is 33.8 Å². The Kier molecular flexibility index (Phi) is 13.8. The first-order chi connectivity index (χ1) is 18.4. The highest BCUT2D eigenvalue weighted by molar-refractivity contribution is 6.22. The SMILES string of the molecule is COCCCOc1cc(C[C@@H](C[C@H](N)[C@@H](O)CN(Cl)C(=O)C(C)(C)C2CCCN(C)C2)C(C)C)ccc1OC. The largest absolute Gasteiger partial charge is 0.493 e. The Hall–Kier alpha value is -1.58. The molecule has 4 atom stereocenters. The summed E-state index contributed by atoms with van der Waals surface area (Å²) in [5.74, 6) is 2.03. The zero-order valence-corrected chi connectivity index (χ0v) is 25.9. The fourth-order valence-electron chi connectivity index (χ4n) is 5.37. The number of rotatable bonds is 16. The third kappa shape index (κ3) is 10.1. The lowest BCUT2D eigenvalue weighted by Gasteiger charge is -2.40. The Morgan fingerprint density at radius 3 is 2.59 bits per heavy atom. The molecule has 1 aliphatic heterocycles. The molecule has 1 heterocycles. The second-order valence-electron chi connectivity index (χ2n) is 12.0. The summed E-state index contributed by atoms with van der Waals surface area (Å²) in [6.45, 7) is 11.3. The number of carbonyl (C=O) groups is 1. The topological polar surface area (TPSA) is 97.5 Å². The Balaban J connectivity index is 2.00.